The van der Waals surface area contributed by atoms with Gasteiger partial charge in [-0.25, -0.2) is 4.79 Å². The Bertz CT molecular complexity index is 1160. The fraction of sp³-hybridized carbons (Fsp3) is 0.238. The minimum absolute atomic E-state index is 0.0685. The number of carboxylic acids is 2. The number of likely N-dealkylation sites (tertiary alicyclic amines) is 1. The van der Waals surface area contributed by atoms with Crippen LogP contribution >= 0.6 is 0 Å². The second-order valence-electron chi connectivity index (χ2n) is 7.06. The Morgan fingerprint density at radius 2 is 1.59 bits per heavy atom. The van der Waals surface area contributed by atoms with Gasteiger partial charge in [-0.2, -0.15) is 0 Å². The topological polar surface area (TPSA) is 117 Å². The molecule has 0 unspecified atom stereocenters. The standard InChI is InChI=1S/C21H20N2O6/c1-10(2)15-17(20(27)23(19(15)26)9-14(24)25)18(21(28)29)16-11(3)22(4)13-8-6-5-7-12(13)16/h5-8H,9H2,1-4H3,(H,24,25)(H,28,29)/b18-17-. The Labute approximate surface area is 166 Å². The van der Waals surface area contributed by atoms with Crippen molar-refractivity contribution in [3.63, 3.8) is 0 Å². The molecular weight excluding hydrogens is 376 g/mol. The zero-order valence-electron chi connectivity index (χ0n) is 16.4. The predicted molar refractivity (Wildman–Crippen MR) is 105 cm³/mol. The van der Waals surface area contributed by atoms with Crippen LogP contribution in [0.2, 0.25) is 0 Å². The highest BCUT2D eigenvalue weighted by Gasteiger charge is 2.44. The second-order valence-corrected chi connectivity index (χ2v) is 7.06. The lowest BCUT2D eigenvalue weighted by atomic mass is 9.92. The number of fused-ring (bicyclic) bond motifs is 1. The number of carbonyl (C=O) groups is 4. The monoisotopic (exact) mass is 396 g/mol. The molecule has 2 N–H and O–H groups in total. The molecule has 1 saturated heterocycles. The molecule has 8 nitrogen and oxygen atoms in total. The average Bonchev–Trinajstić information content (AvgIpc) is 3.03. The van der Waals surface area contributed by atoms with Crippen LogP contribution in [-0.2, 0) is 26.2 Å². The molecule has 0 spiro atoms. The van der Waals surface area contributed by atoms with E-state index in [1.165, 1.54) is 0 Å². The smallest absolute Gasteiger partial charge is 0.337 e. The molecule has 2 amide bonds. The highest BCUT2D eigenvalue weighted by molar-refractivity contribution is 6.36. The van der Waals surface area contributed by atoms with Gasteiger partial charge in [0.1, 0.15) is 6.54 Å². The van der Waals surface area contributed by atoms with Crippen molar-refractivity contribution >= 4 is 40.2 Å². The number of imide groups is 1. The molecule has 8 heteroatoms. The van der Waals surface area contributed by atoms with Gasteiger partial charge in [0.15, 0.2) is 0 Å². The second kappa shape index (κ2) is 7.05. The van der Waals surface area contributed by atoms with E-state index in [9.17, 15) is 24.3 Å². The number of allylic oxidation sites excluding steroid dienone is 1. The van der Waals surface area contributed by atoms with Crippen molar-refractivity contribution in [1.82, 2.24) is 9.47 Å². The first-order valence-electron chi connectivity index (χ1n) is 8.85. The fourth-order valence-electron chi connectivity index (χ4n) is 3.73. The largest absolute Gasteiger partial charge is 0.480 e. The number of hydrogen-bond acceptors (Lipinski definition) is 4. The van der Waals surface area contributed by atoms with E-state index in [1.54, 1.807) is 40.0 Å². The first kappa shape index (κ1) is 20.1. The molecule has 0 bridgehead atoms. The fourth-order valence-corrected chi connectivity index (χ4v) is 3.73. The highest BCUT2D eigenvalue weighted by atomic mass is 16.4. The van der Waals surface area contributed by atoms with Crippen molar-refractivity contribution in [3.05, 3.63) is 52.2 Å². The van der Waals surface area contributed by atoms with Crippen LogP contribution in [0.4, 0.5) is 0 Å². The Morgan fingerprint density at radius 1 is 1.00 bits per heavy atom. The maximum absolute atomic E-state index is 13.0. The Balaban J connectivity index is 2.45. The van der Waals surface area contributed by atoms with Gasteiger partial charge in [0.2, 0.25) is 0 Å². The summed E-state index contributed by atoms with van der Waals surface area (Å²) < 4.78 is 1.81. The van der Waals surface area contributed by atoms with E-state index in [1.807, 2.05) is 16.7 Å². The minimum Gasteiger partial charge on any atom is -0.480 e. The Kier molecular flexibility index (Phi) is 4.88. The number of aromatic nitrogens is 1. The molecule has 1 aromatic carbocycles. The number of amides is 2. The number of hydrogen-bond donors (Lipinski definition) is 2. The van der Waals surface area contributed by atoms with Crippen LogP contribution in [0.3, 0.4) is 0 Å². The zero-order valence-corrected chi connectivity index (χ0v) is 16.4. The summed E-state index contributed by atoms with van der Waals surface area (Å²) in [6, 6.07) is 7.16. The Morgan fingerprint density at radius 3 is 2.14 bits per heavy atom. The molecule has 0 radical (unpaired) electrons. The molecule has 0 saturated carbocycles. The molecule has 150 valence electrons. The van der Waals surface area contributed by atoms with Crippen molar-refractivity contribution in [2.24, 2.45) is 7.05 Å². The van der Waals surface area contributed by atoms with Crippen LogP contribution in [0.15, 0.2) is 41.0 Å². The highest BCUT2D eigenvalue weighted by Crippen LogP contribution is 2.38. The van der Waals surface area contributed by atoms with Gasteiger partial charge in [0.05, 0.1) is 16.7 Å². The van der Waals surface area contributed by atoms with Gasteiger partial charge in [-0.3, -0.25) is 19.3 Å². The number of aliphatic carboxylic acids is 2. The van der Waals surface area contributed by atoms with E-state index < -0.39 is 30.3 Å². The van der Waals surface area contributed by atoms with Crippen LogP contribution < -0.4 is 0 Å². The number of para-hydroxylation sites is 1. The molecule has 0 atom stereocenters. The predicted octanol–water partition coefficient (Wildman–Crippen LogP) is 2.11. The number of carbonyl (C=O) groups excluding carboxylic acids is 2. The maximum Gasteiger partial charge on any atom is 0.337 e. The summed E-state index contributed by atoms with van der Waals surface area (Å²) >= 11 is 0. The number of aryl methyl sites for hydroxylation is 1. The van der Waals surface area contributed by atoms with Crippen molar-refractivity contribution in [2.45, 2.75) is 20.8 Å². The molecular formula is C21H20N2O6. The quantitative estimate of drug-likeness (QED) is 0.604. The summed E-state index contributed by atoms with van der Waals surface area (Å²) in [5.74, 6) is -4.45. The van der Waals surface area contributed by atoms with Gasteiger partial charge in [0.25, 0.3) is 11.8 Å². The molecule has 1 aromatic heterocycles. The lowest BCUT2D eigenvalue weighted by Crippen LogP contribution is -2.34. The molecule has 29 heavy (non-hydrogen) atoms. The number of benzene rings is 1. The summed E-state index contributed by atoms with van der Waals surface area (Å²) in [6.07, 6.45) is 0. The van der Waals surface area contributed by atoms with Gasteiger partial charge >= 0.3 is 11.9 Å². The van der Waals surface area contributed by atoms with Crippen molar-refractivity contribution in [3.8, 4) is 0 Å². The zero-order chi connectivity index (χ0) is 21.6. The molecule has 1 aliphatic heterocycles. The van der Waals surface area contributed by atoms with E-state index in [4.69, 9.17) is 5.11 Å². The average molecular weight is 396 g/mol. The van der Waals surface area contributed by atoms with Crippen molar-refractivity contribution < 1.29 is 29.4 Å². The number of rotatable bonds is 4. The summed E-state index contributed by atoms with van der Waals surface area (Å²) in [6.45, 7) is 4.07. The van der Waals surface area contributed by atoms with E-state index in [2.05, 4.69) is 0 Å². The lowest BCUT2D eigenvalue weighted by Gasteiger charge is -2.10. The van der Waals surface area contributed by atoms with E-state index in [-0.39, 0.29) is 16.7 Å². The summed E-state index contributed by atoms with van der Waals surface area (Å²) in [7, 11) is 1.78. The molecule has 2 aromatic rings. The molecule has 0 aliphatic carbocycles. The molecule has 3 rings (SSSR count). The van der Waals surface area contributed by atoms with Crippen LogP contribution in [0.1, 0.15) is 25.1 Å². The SMILES string of the molecule is CC(C)=C1C(=O)N(CC(=O)O)C(=O)/C1=C(\C(=O)O)c1c(C)n(C)c2ccccc12. The molecule has 1 fully saturated rings. The summed E-state index contributed by atoms with van der Waals surface area (Å²) in [5, 5.41) is 19.8. The van der Waals surface area contributed by atoms with Gasteiger partial charge in [-0.05, 0) is 26.8 Å². The van der Waals surface area contributed by atoms with E-state index in [0.717, 1.165) is 5.52 Å². The van der Waals surface area contributed by atoms with E-state index in [0.29, 0.717) is 27.1 Å². The van der Waals surface area contributed by atoms with Crippen LogP contribution in [0.25, 0.3) is 16.5 Å². The summed E-state index contributed by atoms with van der Waals surface area (Å²) in [5.41, 5.74) is 1.51. The van der Waals surface area contributed by atoms with E-state index >= 15 is 0 Å². The van der Waals surface area contributed by atoms with Gasteiger partial charge < -0.3 is 14.8 Å². The van der Waals surface area contributed by atoms with Gasteiger partial charge in [-0.1, -0.05) is 23.8 Å². The van der Waals surface area contributed by atoms with Crippen LogP contribution in [-0.4, -0.2) is 50.0 Å². The van der Waals surface area contributed by atoms with Crippen LogP contribution in [0.5, 0.6) is 0 Å². The first-order valence-corrected chi connectivity index (χ1v) is 8.85. The summed E-state index contributed by atoms with van der Waals surface area (Å²) in [4.78, 5) is 49.9. The van der Waals surface area contributed by atoms with Crippen molar-refractivity contribution in [2.75, 3.05) is 6.54 Å². The number of carboxylic acid groups (broad SMARTS) is 2. The maximum atomic E-state index is 13.0. The third kappa shape index (κ3) is 3.02. The first-order chi connectivity index (χ1) is 13.6. The van der Waals surface area contributed by atoms with Crippen molar-refractivity contribution in [1.29, 1.82) is 0 Å². The van der Waals surface area contributed by atoms with Gasteiger partial charge in [0, 0.05) is 29.2 Å². The molecule has 2 heterocycles. The third-order valence-corrected chi connectivity index (χ3v) is 5.07. The Hall–Kier alpha value is -3.68. The lowest BCUT2D eigenvalue weighted by molar-refractivity contribution is -0.147. The number of nitrogens with zero attached hydrogens (tertiary/aromatic N) is 2. The van der Waals surface area contributed by atoms with Gasteiger partial charge in [-0.15, -0.1) is 0 Å². The van der Waals surface area contributed by atoms with Crippen LogP contribution in [0, 0.1) is 6.92 Å². The normalized spacial score (nSPS) is 16.0. The third-order valence-electron chi connectivity index (χ3n) is 5.07. The minimum atomic E-state index is -1.36. The molecule has 1 aliphatic rings.